The van der Waals surface area contributed by atoms with Crippen LogP contribution in [0.3, 0.4) is 0 Å². The molecule has 0 radical (unpaired) electrons. The molecule has 23 aromatic carbocycles. The Hall–Kier alpha value is -19.0. The van der Waals surface area contributed by atoms with Crippen molar-refractivity contribution in [3.8, 4) is 67.0 Å². The monoisotopic (exact) mass is 1880 g/mol. The van der Waals surface area contributed by atoms with Gasteiger partial charge in [-0.25, -0.2) is 0 Å². The summed E-state index contributed by atoms with van der Waals surface area (Å²) in [4.78, 5) is 13.6. The lowest BCUT2D eigenvalue weighted by molar-refractivity contribution is 1.17. The molecule has 2 aromatic heterocycles. The van der Waals surface area contributed by atoms with Gasteiger partial charge < -0.3 is 38.5 Å². The Morgan fingerprint density at radius 2 is 0.342 bits per heavy atom. The van der Waals surface area contributed by atoms with Crippen LogP contribution in [0.2, 0.25) is 0 Å². The Bertz CT molecular complexity index is 8690. The molecule has 0 aliphatic carbocycles. The van der Waals surface area contributed by atoms with E-state index in [4.69, 9.17) is 0 Å². The van der Waals surface area contributed by atoms with Crippen LogP contribution in [0.1, 0.15) is 0 Å². The van der Waals surface area contributed by atoms with E-state index in [1.54, 1.807) is 0 Å². The van der Waals surface area contributed by atoms with Crippen LogP contribution >= 0.6 is 0 Å². The summed E-state index contributed by atoms with van der Waals surface area (Å²) in [5.41, 5.74) is 35.5. The van der Waals surface area contributed by atoms with Crippen LogP contribution in [0.15, 0.2) is 582 Å². The van der Waals surface area contributed by atoms with Crippen molar-refractivity contribution in [3.05, 3.63) is 582 Å². The molecule has 0 aliphatic heterocycles. The van der Waals surface area contributed by atoms with Crippen molar-refractivity contribution in [3.63, 3.8) is 0 Å². The maximum absolute atomic E-state index is 2.38. The first kappa shape index (κ1) is 92.0. The number of benzene rings is 23. The Kier molecular flexibility index (Phi) is 26.8. The van der Waals surface area contributed by atoms with Gasteiger partial charge in [-0.15, -0.1) is 0 Å². The summed E-state index contributed by atoms with van der Waals surface area (Å²) < 4.78 is 4.76. The van der Waals surface area contributed by atoms with Crippen molar-refractivity contribution >= 4 is 145 Å². The Balaban J connectivity index is 0.000000111. The van der Waals surface area contributed by atoms with Gasteiger partial charge in [0, 0.05) is 146 Å². The zero-order chi connectivity index (χ0) is 98.4. The van der Waals surface area contributed by atoms with Gasteiger partial charge in [0.2, 0.25) is 0 Å². The van der Waals surface area contributed by atoms with Gasteiger partial charge in [0.1, 0.15) is 0 Å². The Morgan fingerprint density at radius 3 is 0.705 bits per heavy atom. The molecule has 0 spiro atoms. The van der Waals surface area contributed by atoms with E-state index in [1.165, 1.54) is 155 Å². The molecule has 8 heteroatoms. The molecular weight excluding hydrogens is 1770 g/mol. The molecule has 700 valence electrons. The lowest BCUT2D eigenvalue weighted by Gasteiger charge is -2.27. The normalized spacial score (nSPS) is 11.0. The van der Waals surface area contributed by atoms with Gasteiger partial charge in [-0.2, -0.15) is 0 Å². The second-order valence-electron chi connectivity index (χ2n) is 36.6. The standard InChI is InChI=1S/C39H30N2.C37H28N2.C31H24N2.C31H26N2/c1-40(38-19-9-13-31-11-5-7-17-36(31)38)33-25-21-29(22-26-33)30-23-27-35(28-24-30)41(34-15-3-2-4-16-34)39-20-10-14-32-12-6-8-18-37(32)39;1-38(31-20-16-29(17-21-31)27-10-4-2-5-11-27)33-24-25-35-34-14-8-9-15-36(34)39(37(35)26-33)32-22-18-30(19-23-32)28-12-6-3-7-13-28;1-32(25-12-6-3-7-13-25)27-20-21-29-28-14-8-9-15-30(28)33(31(29)22-27)26-18-16-24(17-19-26)23-10-4-2-5-11-23;1-32(27-13-7-3-8-14-27)28-21-23-31(24-22-28)33(29-15-9-4-10-16-29)30-19-17-26(18-20-30)25-11-5-2-6-12-25/h2-28H,1H3;2-26H,1H3;2-22H,1H3;2-24H,1H3. The van der Waals surface area contributed by atoms with Crippen molar-refractivity contribution in [2.24, 2.45) is 0 Å². The summed E-state index contributed by atoms with van der Waals surface area (Å²) in [5.74, 6) is 0. The molecule has 0 bridgehead atoms. The summed E-state index contributed by atoms with van der Waals surface area (Å²) in [6.07, 6.45) is 0. The zero-order valence-corrected chi connectivity index (χ0v) is 82.0. The van der Waals surface area contributed by atoms with Crippen LogP contribution in [0.5, 0.6) is 0 Å². The van der Waals surface area contributed by atoms with Crippen LogP contribution in [0.25, 0.3) is 132 Å². The SMILES string of the molecule is CN(c1ccc(-c2ccc(N(c3ccccc3)c3cccc4ccccc34)cc2)cc1)c1cccc2ccccc12.CN(c1ccc(-c2ccccc2)cc1)c1ccc2c3ccccc3n(-c3ccc(-c4ccccc4)cc3)c2c1.CN(c1ccccc1)c1ccc(N(c2ccccc2)c2ccc(-c3ccccc3)cc2)cc1.CN(c1ccccc1)c1ccc2c3ccccc3n(-c3ccc(-c4ccccc4)cc3)c2c1. The fourth-order valence-electron chi connectivity index (χ4n) is 20.0. The fraction of sp³-hybridized carbons (Fsp3) is 0.0290. The molecule has 0 aliphatic rings. The van der Waals surface area contributed by atoms with Gasteiger partial charge in [0.25, 0.3) is 0 Å². The van der Waals surface area contributed by atoms with Crippen LogP contribution in [0, 0.1) is 0 Å². The highest BCUT2D eigenvalue weighted by Crippen LogP contribution is 2.45. The topological polar surface area (TPSA) is 29.3 Å². The first-order chi connectivity index (χ1) is 72.1. The lowest BCUT2D eigenvalue weighted by Crippen LogP contribution is -2.11. The number of para-hydroxylation sites is 6. The maximum Gasteiger partial charge on any atom is 0.0561 e. The minimum atomic E-state index is 1.12. The van der Waals surface area contributed by atoms with Crippen LogP contribution in [-0.2, 0) is 0 Å². The molecule has 8 nitrogen and oxygen atoms in total. The van der Waals surface area contributed by atoms with E-state index in [-0.39, 0.29) is 0 Å². The first-order valence-corrected chi connectivity index (χ1v) is 49.8. The van der Waals surface area contributed by atoms with Crippen molar-refractivity contribution in [2.45, 2.75) is 0 Å². The zero-order valence-electron chi connectivity index (χ0n) is 82.0. The van der Waals surface area contributed by atoms with Gasteiger partial charge in [0.05, 0.1) is 27.8 Å². The van der Waals surface area contributed by atoms with Crippen molar-refractivity contribution in [1.82, 2.24) is 9.13 Å². The molecule has 0 amide bonds. The first-order valence-electron chi connectivity index (χ1n) is 49.8. The van der Waals surface area contributed by atoms with E-state index in [0.717, 1.165) is 56.9 Å². The third kappa shape index (κ3) is 19.6. The molecule has 0 unspecified atom stereocenters. The van der Waals surface area contributed by atoms with Crippen LogP contribution < -0.4 is 29.4 Å². The molecule has 0 fully saturated rings. The molecule has 25 rings (SSSR count). The van der Waals surface area contributed by atoms with Crippen LogP contribution in [-0.4, -0.2) is 37.3 Å². The van der Waals surface area contributed by atoms with Crippen molar-refractivity contribution in [2.75, 3.05) is 57.6 Å². The predicted octanol–water partition coefficient (Wildman–Crippen LogP) is 37.6. The highest BCUT2D eigenvalue weighted by Gasteiger charge is 2.22. The van der Waals surface area contributed by atoms with Crippen LogP contribution in [0.4, 0.5) is 79.6 Å². The van der Waals surface area contributed by atoms with Gasteiger partial charge in [-0.1, -0.05) is 388 Å². The van der Waals surface area contributed by atoms with E-state index >= 15 is 0 Å². The molecular formula is C138H108N8. The highest BCUT2D eigenvalue weighted by atomic mass is 15.2. The van der Waals surface area contributed by atoms with Gasteiger partial charge in [0.15, 0.2) is 0 Å². The molecule has 0 saturated carbocycles. The molecule has 25 aromatic rings. The van der Waals surface area contributed by atoms with E-state index in [2.05, 4.69) is 637 Å². The average molecular weight is 1880 g/mol. The third-order valence-electron chi connectivity index (χ3n) is 27.8. The van der Waals surface area contributed by atoms with Crippen molar-refractivity contribution in [1.29, 1.82) is 0 Å². The van der Waals surface area contributed by atoms with Crippen molar-refractivity contribution < 1.29 is 0 Å². The Morgan fingerprint density at radius 1 is 0.130 bits per heavy atom. The molecule has 0 saturated heterocycles. The number of fused-ring (bicyclic) bond motifs is 8. The summed E-state index contributed by atoms with van der Waals surface area (Å²) in [7, 11) is 8.50. The number of aromatic nitrogens is 2. The van der Waals surface area contributed by atoms with E-state index < -0.39 is 0 Å². The largest absolute Gasteiger partial charge is 0.345 e. The summed E-state index contributed by atoms with van der Waals surface area (Å²) in [5, 5.41) is 10.0. The summed E-state index contributed by atoms with van der Waals surface area (Å²) in [6.45, 7) is 0. The number of anilines is 14. The highest BCUT2D eigenvalue weighted by molar-refractivity contribution is 6.12. The lowest BCUT2D eigenvalue weighted by atomic mass is 10.0. The quantitative estimate of drug-likeness (QED) is 0.0712. The minimum absolute atomic E-state index is 1.12. The number of rotatable bonds is 21. The second-order valence-corrected chi connectivity index (χ2v) is 36.6. The minimum Gasteiger partial charge on any atom is -0.345 e. The molecule has 2 heterocycles. The number of nitrogens with zero attached hydrogens (tertiary/aromatic N) is 8. The molecule has 0 atom stereocenters. The fourth-order valence-corrected chi connectivity index (χ4v) is 20.0. The number of hydrogen-bond donors (Lipinski definition) is 0. The Labute approximate surface area is 854 Å². The summed E-state index contributed by atoms with van der Waals surface area (Å²) >= 11 is 0. The van der Waals surface area contributed by atoms with E-state index in [0.29, 0.717) is 0 Å². The van der Waals surface area contributed by atoms with E-state index in [9.17, 15) is 0 Å². The van der Waals surface area contributed by atoms with E-state index in [1.807, 2.05) is 12.1 Å². The van der Waals surface area contributed by atoms with Gasteiger partial charge in [-0.05, 0) is 261 Å². The second kappa shape index (κ2) is 42.6. The summed E-state index contributed by atoms with van der Waals surface area (Å²) in [6, 6.07) is 207. The molecule has 0 N–H and O–H groups in total. The maximum atomic E-state index is 2.38. The smallest absolute Gasteiger partial charge is 0.0561 e. The van der Waals surface area contributed by atoms with Gasteiger partial charge in [-0.3, -0.25) is 0 Å². The third-order valence-corrected chi connectivity index (χ3v) is 27.8. The van der Waals surface area contributed by atoms with Gasteiger partial charge >= 0.3 is 0 Å². The number of hydrogen-bond acceptors (Lipinski definition) is 6. The average Bonchev–Trinajstić information content (AvgIpc) is 1.59. The molecule has 146 heavy (non-hydrogen) atoms. The predicted molar refractivity (Wildman–Crippen MR) is 624 cm³/mol.